The first-order valence-electron chi connectivity index (χ1n) is 5.50. The van der Waals surface area contributed by atoms with Crippen molar-refractivity contribution < 1.29 is 4.79 Å². The van der Waals surface area contributed by atoms with E-state index >= 15 is 0 Å². The molecule has 2 aromatic rings. The van der Waals surface area contributed by atoms with E-state index in [1.807, 2.05) is 55.5 Å². The predicted molar refractivity (Wildman–Crippen MR) is 70.7 cm³/mol. The van der Waals surface area contributed by atoms with Crippen LogP contribution in [0.1, 0.15) is 21.5 Å². The van der Waals surface area contributed by atoms with E-state index < -0.39 is 0 Å². The lowest BCUT2D eigenvalue weighted by molar-refractivity contribution is 0.0993. The van der Waals surface area contributed by atoms with Crippen LogP contribution in [0.4, 0.5) is 0 Å². The number of carbonyl (C=O) groups excluding carboxylic acids is 1. The topological polar surface area (TPSA) is 17.1 Å². The average molecular weight is 245 g/mol. The first-order valence-corrected chi connectivity index (χ1v) is 5.88. The van der Waals surface area contributed by atoms with Gasteiger partial charge in [0.2, 0.25) is 0 Å². The van der Waals surface area contributed by atoms with Gasteiger partial charge in [-0.25, -0.2) is 0 Å². The third kappa shape index (κ3) is 2.95. The Balaban J connectivity index is 2.19. The van der Waals surface area contributed by atoms with Crippen molar-refractivity contribution in [3.8, 4) is 0 Å². The van der Waals surface area contributed by atoms with Crippen LogP contribution in [-0.4, -0.2) is 5.78 Å². The molecular formula is C15H13ClO. The highest BCUT2D eigenvalue weighted by Crippen LogP contribution is 2.17. The van der Waals surface area contributed by atoms with E-state index in [1.165, 1.54) is 0 Å². The summed E-state index contributed by atoms with van der Waals surface area (Å²) in [7, 11) is 0. The van der Waals surface area contributed by atoms with E-state index in [2.05, 4.69) is 0 Å². The number of halogens is 1. The van der Waals surface area contributed by atoms with Crippen LogP contribution in [0.2, 0.25) is 5.02 Å². The van der Waals surface area contributed by atoms with E-state index in [9.17, 15) is 4.79 Å². The Morgan fingerprint density at radius 1 is 1.12 bits per heavy atom. The summed E-state index contributed by atoms with van der Waals surface area (Å²) in [4.78, 5) is 12.0. The molecule has 1 nitrogen and oxygen atoms in total. The van der Waals surface area contributed by atoms with Gasteiger partial charge in [-0.15, -0.1) is 0 Å². The van der Waals surface area contributed by atoms with Gasteiger partial charge in [0.15, 0.2) is 5.78 Å². The Morgan fingerprint density at radius 2 is 1.82 bits per heavy atom. The molecule has 0 aromatic heterocycles. The summed E-state index contributed by atoms with van der Waals surface area (Å²) in [6, 6.07) is 15.0. The molecule has 0 saturated heterocycles. The molecule has 0 heterocycles. The number of carbonyl (C=O) groups is 1. The molecule has 17 heavy (non-hydrogen) atoms. The summed E-state index contributed by atoms with van der Waals surface area (Å²) in [5.74, 6) is 0.135. The van der Waals surface area contributed by atoms with Crippen molar-refractivity contribution in [1.29, 1.82) is 0 Å². The molecule has 2 rings (SSSR count). The van der Waals surface area contributed by atoms with E-state index in [0.29, 0.717) is 11.4 Å². The van der Waals surface area contributed by atoms with E-state index in [-0.39, 0.29) is 5.78 Å². The highest BCUT2D eigenvalue weighted by atomic mass is 35.5. The molecule has 0 atom stereocenters. The standard InChI is InChI=1S/C15H13ClO/c1-11-9-14(16)8-7-13(11)10-15(17)12-5-3-2-4-6-12/h2-9H,10H2,1H3. The largest absolute Gasteiger partial charge is 0.294 e. The summed E-state index contributed by atoms with van der Waals surface area (Å²) in [5, 5.41) is 0.707. The van der Waals surface area contributed by atoms with Gasteiger partial charge in [-0.1, -0.05) is 48.0 Å². The molecule has 0 bridgehead atoms. The maximum absolute atomic E-state index is 12.0. The lowest BCUT2D eigenvalue weighted by atomic mass is 10.00. The number of hydrogen-bond donors (Lipinski definition) is 0. The number of aryl methyl sites for hydroxylation is 1. The first kappa shape index (κ1) is 11.9. The fourth-order valence-electron chi connectivity index (χ4n) is 1.76. The maximum Gasteiger partial charge on any atom is 0.167 e. The van der Waals surface area contributed by atoms with Crippen LogP contribution >= 0.6 is 11.6 Å². The van der Waals surface area contributed by atoms with Gasteiger partial charge in [0.1, 0.15) is 0 Å². The molecule has 0 aliphatic heterocycles. The smallest absolute Gasteiger partial charge is 0.167 e. The van der Waals surface area contributed by atoms with Gasteiger partial charge in [-0.05, 0) is 30.2 Å². The molecule has 0 aliphatic carbocycles. The zero-order valence-electron chi connectivity index (χ0n) is 9.61. The highest BCUT2D eigenvalue weighted by molar-refractivity contribution is 6.30. The van der Waals surface area contributed by atoms with Crippen molar-refractivity contribution in [3.05, 3.63) is 70.2 Å². The molecule has 0 amide bonds. The van der Waals surface area contributed by atoms with Crippen LogP contribution in [-0.2, 0) is 6.42 Å². The summed E-state index contributed by atoms with van der Waals surface area (Å²) < 4.78 is 0. The van der Waals surface area contributed by atoms with Gasteiger partial charge in [-0.2, -0.15) is 0 Å². The van der Waals surface area contributed by atoms with Crippen molar-refractivity contribution in [2.45, 2.75) is 13.3 Å². The zero-order valence-corrected chi connectivity index (χ0v) is 10.4. The summed E-state index contributed by atoms with van der Waals surface area (Å²) in [6.07, 6.45) is 0.424. The van der Waals surface area contributed by atoms with Gasteiger partial charge in [-0.3, -0.25) is 4.79 Å². The summed E-state index contributed by atoms with van der Waals surface area (Å²) in [5.41, 5.74) is 2.84. The van der Waals surface area contributed by atoms with Crippen molar-refractivity contribution in [3.63, 3.8) is 0 Å². The molecule has 0 aliphatic rings. The Morgan fingerprint density at radius 3 is 2.47 bits per heavy atom. The highest BCUT2D eigenvalue weighted by Gasteiger charge is 2.08. The van der Waals surface area contributed by atoms with Gasteiger partial charge in [0.25, 0.3) is 0 Å². The Hall–Kier alpha value is -1.60. The van der Waals surface area contributed by atoms with Crippen LogP contribution in [0.5, 0.6) is 0 Å². The van der Waals surface area contributed by atoms with Gasteiger partial charge < -0.3 is 0 Å². The van der Waals surface area contributed by atoms with Gasteiger partial charge >= 0.3 is 0 Å². The van der Waals surface area contributed by atoms with Gasteiger partial charge in [0, 0.05) is 17.0 Å². The number of rotatable bonds is 3. The minimum atomic E-state index is 0.135. The van der Waals surface area contributed by atoms with Crippen LogP contribution in [0.15, 0.2) is 48.5 Å². The normalized spacial score (nSPS) is 10.2. The Labute approximate surface area is 106 Å². The van der Waals surface area contributed by atoms with Crippen molar-refractivity contribution in [2.75, 3.05) is 0 Å². The fraction of sp³-hybridized carbons (Fsp3) is 0.133. The molecule has 0 radical (unpaired) electrons. The SMILES string of the molecule is Cc1cc(Cl)ccc1CC(=O)c1ccccc1. The number of Topliss-reactive ketones (excluding diaryl/α,β-unsaturated/α-hetero) is 1. The second-order valence-corrected chi connectivity index (χ2v) is 4.47. The molecule has 0 N–H and O–H groups in total. The van der Waals surface area contributed by atoms with Crippen molar-refractivity contribution in [2.24, 2.45) is 0 Å². The molecule has 0 fully saturated rings. The van der Waals surface area contributed by atoms with Crippen LogP contribution in [0.3, 0.4) is 0 Å². The van der Waals surface area contributed by atoms with E-state index in [0.717, 1.165) is 16.7 Å². The van der Waals surface area contributed by atoms with Crippen LogP contribution in [0.25, 0.3) is 0 Å². The zero-order chi connectivity index (χ0) is 12.3. The summed E-state index contributed by atoms with van der Waals surface area (Å²) >= 11 is 5.89. The monoisotopic (exact) mass is 244 g/mol. The van der Waals surface area contributed by atoms with Crippen LogP contribution in [0, 0.1) is 6.92 Å². The predicted octanol–water partition coefficient (Wildman–Crippen LogP) is 4.07. The van der Waals surface area contributed by atoms with Crippen molar-refractivity contribution in [1.82, 2.24) is 0 Å². The number of hydrogen-bond acceptors (Lipinski definition) is 1. The molecule has 0 saturated carbocycles. The second kappa shape index (κ2) is 5.15. The van der Waals surface area contributed by atoms with E-state index in [4.69, 9.17) is 11.6 Å². The third-order valence-electron chi connectivity index (χ3n) is 2.75. The molecule has 0 spiro atoms. The quantitative estimate of drug-likeness (QED) is 0.744. The molecule has 0 unspecified atom stereocenters. The molecule has 2 aromatic carbocycles. The molecular weight excluding hydrogens is 232 g/mol. The van der Waals surface area contributed by atoms with Crippen LogP contribution < -0.4 is 0 Å². The minimum absolute atomic E-state index is 0.135. The average Bonchev–Trinajstić information content (AvgIpc) is 2.34. The molecule has 2 heteroatoms. The Kier molecular flexibility index (Phi) is 3.60. The molecule has 86 valence electrons. The first-order chi connectivity index (χ1) is 8.16. The second-order valence-electron chi connectivity index (χ2n) is 4.04. The third-order valence-corrected chi connectivity index (χ3v) is 2.99. The fourth-order valence-corrected chi connectivity index (χ4v) is 1.98. The van der Waals surface area contributed by atoms with E-state index in [1.54, 1.807) is 0 Å². The van der Waals surface area contributed by atoms with Crippen molar-refractivity contribution >= 4 is 17.4 Å². The maximum atomic E-state index is 12.0. The lowest BCUT2D eigenvalue weighted by Gasteiger charge is -2.05. The minimum Gasteiger partial charge on any atom is -0.294 e. The van der Waals surface area contributed by atoms with Gasteiger partial charge in [0.05, 0.1) is 0 Å². The number of ketones is 1. The summed E-state index contributed by atoms with van der Waals surface area (Å²) in [6.45, 7) is 1.97. The lowest BCUT2D eigenvalue weighted by Crippen LogP contribution is -2.04. The number of benzene rings is 2. The Bertz CT molecular complexity index is 532.